The Morgan fingerprint density at radius 3 is 2.53 bits per heavy atom. The molecule has 3 aromatic rings. The van der Waals surface area contributed by atoms with Crippen LogP contribution < -0.4 is 0 Å². The van der Waals surface area contributed by atoms with Crippen molar-refractivity contribution in [2.75, 3.05) is 13.1 Å². The maximum atomic E-state index is 13.4. The monoisotopic (exact) mass is 428 g/mol. The SMILES string of the molecule is CCc1ccc(C2CC(c3cc(-c4ccccn4)n[nH]3)CN(C(=O)C3CCCC3)C2)cc1. The van der Waals surface area contributed by atoms with Gasteiger partial charge in [-0.25, -0.2) is 0 Å². The Kier molecular flexibility index (Phi) is 6.06. The number of H-pyrrole nitrogens is 1. The fourth-order valence-corrected chi connectivity index (χ4v) is 5.39. The van der Waals surface area contributed by atoms with Crippen LogP contribution in [0.4, 0.5) is 0 Å². The number of carbonyl (C=O) groups is 1. The highest BCUT2D eigenvalue weighted by Gasteiger charge is 2.36. The number of carbonyl (C=O) groups excluding carboxylic acids is 1. The van der Waals surface area contributed by atoms with Crippen LogP contribution >= 0.6 is 0 Å². The van der Waals surface area contributed by atoms with E-state index in [1.165, 1.54) is 24.0 Å². The van der Waals surface area contributed by atoms with Gasteiger partial charge in [0.05, 0.1) is 5.69 Å². The Morgan fingerprint density at radius 1 is 1.03 bits per heavy atom. The van der Waals surface area contributed by atoms with Crippen molar-refractivity contribution in [3.8, 4) is 11.4 Å². The number of piperidine rings is 1. The number of pyridine rings is 1. The first kappa shape index (κ1) is 20.9. The average Bonchev–Trinajstić information content (AvgIpc) is 3.57. The molecular weight excluding hydrogens is 396 g/mol. The highest BCUT2D eigenvalue weighted by atomic mass is 16.2. The van der Waals surface area contributed by atoms with Gasteiger partial charge in [0.25, 0.3) is 0 Å². The Balaban J connectivity index is 1.41. The summed E-state index contributed by atoms with van der Waals surface area (Å²) < 4.78 is 0. The number of likely N-dealkylation sites (tertiary alicyclic amines) is 1. The van der Waals surface area contributed by atoms with E-state index in [0.29, 0.717) is 11.8 Å². The molecule has 1 aromatic carbocycles. The van der Waals surface area contributed by atoms with Crippen LogP contribution in [0.5, 0.6) is 0 Å². The molecule has 1 N–H and O–H groups in total. The lowest BCUT2D eigenvalue weighted by Crippen LogP contribution is -2.44. The zero-order valence-electron chi connectivity index (χ0n) is 18.8. The number of aromatic amines is 1. The second kappa shape index (κ2) is 9.27. The summed E-state index contributed by atoms with van der Waals surface area (Å²) in [4.78, 5) is 19.9. The van der Waals surface area contributed by atoms with Crippen molar-refractivity contribution in [1.82, 2.24) is 20.1 Å². The maximum Gasteiger partial charge on any atom is 0.225 e. The van der Waals surface area contributed by atoms with Crippen molar-refractivity contribution >= 4 is 5.91 Å². The molecule has 1 saturated carbocycles. The molecule has 2 fully saturated rings. The van der Waals surface area contributed by atoms with Gasteiger partial charge in [-0.3, -0.25) is 14.9 Å². The average molecular weight is 429 g/mol. The van der Waals surface area contributed by atoms with Gasteiger partial charge in [-0.05, 0) is 55.0 Å². The molecule has 1 aliphatic heterocycles. The minimum absolute atomic E-state index is 0.211. The molecule has 0 bridgehead atoms. The van der Waals surface area contributed by atoms with Crippen LogP contribution in [0.1, 0.15) is 67.7 Å². The largest absolute Gasteiger partial charge is 0.341 e. The Bertz CT molecular complexity index is 1040. The molecule has 5 heteroatoms. The predicted octanol–water partition coefficient (Wildman–Crippen LogP) is 5.32. The summed E-state index contributed by atoms with van der Waals surface area (Å²) in [5.74, 6) is 1.15. The second-order valence-corrected chi connectivity index (χ2v) is 9.37. The molecule has 2 aromatic heterocycles. The molecule has 2 atom stereocenters. The number of nitrogens with zero attached hydrogens (tertiary/aromatic N) is 3. The summed E-state index contributed by atoms with van der Waals surface area (Å²) in [5, 5.41) is 7.80. The van der Waals surface area contributed by atoms with Crippen molar-refractivity contribution in [3.05, 3.63) is 71.5 Å². The summed E-state index contributed by atoms with van der Waals surface area (Å²) >= 11 is 0. The molecule has 1 aliphatic carbocycles. The zero-order valence-corrected chi connectivity index (χ0v) is 18.8. The molecular formula is C27H32N4O. The van der Waals surface area contributed by atoms with Crippen LogP contribution in [-0.4, -0.2) is 39.1 Å². The van der Waals surface area contributed by atoms with Gasteiger partial charge in [0.1, 0.15) is 5.69 Å². The highest BCUT2D eigenvalue weighted by molar-refractivity contribution is 5.79. The van der Waals surface area contributed by atoms with Gasteiger partial charge >= 0.3 is 0 Å². The minimum atomic E-state index is 0.211. The van der Waals surface area contributed by atoms with Crippen LogP contribution in [0.25, 0.3) is 11.4 Å². The van der Waals surface area contributed by atoms with E-state index in [4.69, 9.17) is 0 Å². The zero-order chi connectivity index (χ0) is 21.9. The van der Waals surface area contributed by atoms with Crippen LogP contribution in [-0.2, 0) is 11.2 Å². The number of amides is 1. The molecule has 5 rings (SSSR count). The topological polar surface area (TPSA) is 61.9 Å². The van der Waals surface area contributed by atoms with Gasteiger partial charge < -0.3 is 4.90 Å². The van der Waals surface area contributed by atoms with Gasteiger partial charge in [-0.15, -0.1) is 0 Å². The fraction of sp³-hybridized carbons (Fsp3) is 0.444. The third-order valence-corrected chi connectivity index (χ3v) is 7.29. The smallest absolute Gasteiger partial charge is 0.225 e. The van der Waals surface area contributed by atoms with E-state index in [1.807, 2.05) is 18.2 Å². The molecule has 2 unspecified atom stereocenters. The summed E-state index contributed by atoms with van der Waals surface area (Å²) in [7, 11) is 0. The van der Waals surface area contributed by atoms with Crippen molar-refractivity contribution < 1.29 is 4.79 Å². The number of aryl methyl sites for hydroxylation is 1. The van der Waals surface area contributed by atoms with Crippen molar-refractivity contribution in [2.24, 2.45) is 5.92 Å². The molecule has 1 amide bonds. The quantitative estimate of drug-likeness (QED) is 0.598. The third kappa shape index (κ3) is 4.34. The molecule has 0 radical (unpaired) electrons. The van der Waals surface area contributed by atoms with Crippen LogP contribution in [0.15, 0.2) is 54.7 Å². The first-order chi connectivity index (χ1) is 15.7. The van der Waals surface area contributed by atoms with Crippen LogP contribution in [0, 0.1) is 5.92 Å². The minimum Gasteiger partial charge on any atom is -0.341 e. The molecule has 32 heavy (non-hydrogen) atoms. The summed E-state index contributed by atoms with van der Waals surface area (Å²) in [5.41, 5.74) is 5.53. The standard InChI is InChI=1S/C27H32N4O/c1-2-19-10-12-20(13-11-19)22-15-23(18-31(17-22)27(32)21-7-3-4-8-21)25-16-26(30-29-25)24-9-5-6-14-28-24/h5-6,9-14,16,21-23H,2-4,7-8,15,17-18H2,1H3,(H,29,30). The van der Waals surface area contributed by atoms with E-state index < -0.39 is 0 Å². The van der Waals surface area contributed by atoms with Crippen molar-refractivity contribution in [1.29, 1.82) is 0 Å². The van der Waals surface area contributed by atoms with E-state index in [-0.39, 0.29) is 11.8 Å². The Hall–Kier alpha value is -2.95. The first-order valence-electron chi connectivity index (χ1n) is 12.1. The predicted molar refractivity (Wildman–Crippen MR) is 126 cm³/mol. The molecule has 1 saturated heterocycles. The van der Waals surface area contributed by atoms with Gasteiger partial charge in [0, 0.05) is 42.7 Å². The maximum absolute atomic E-state index is 13.4. The van der Waals surface area contributed by atoms with E-state index >= 15 is 0 Å². The van der Waals surface area contributed by atoms with E-state index in [1.54, 1.807) is 6.20 Å². The summed E-state index contributed by atoms with van der Waals surface area (Å²) in [6, 6.07) is 17.0. The van der Waals surface area contributed by atoms with Crippen molar-refractivity contribution in [3.63, 3.8) is 0 Å². The van der Waals surface area contributed by atoms with Crippen LogP contribution in [0.3, 0.4) is 0 Å². The third-order valence-electron chi connectivity index (χ3n) is 7.29. The molecule has 3 heterocycles. The number of nitrogens with one attached hydrogen (secondary N) is 1. The van der Waals surface area contributed by atoms with E-state index in [9.17, 15) is 4.79 Å². The van der Waals surface area contributed by atoms with Gasteiger partial charge in [0.15, 0.2) is 0 Å². The molecule has 166 valence electrons. The lowest BCUT2D eigenvalue weighted by molar-refractivity contribution is -0.137. The Labute approximate surface area is 190 Å². The molecule has 5 nitrogen and oxygen atoms in total. The number of hydrogen-bond acceptors (Lipinski definition) is 3. The lowest BCUT2D eigenvalue weighted by Gasteiger charge is -2.39. The Morgan fingerprint density at radius 2 is 1.81 bits per heavy atom. The number of benzene rings is 1. The lowest BCUT2D eigenvalue weighted by atomic mass is 9.82. The second-order valence-electron chi connectivity index (χ2n) is 9.37. The van der Waals surface area contributed by atoms with Crippen molar-refractivity contribution in [2.45, 2.75) is 57.3 Å². The number of aromatic nitrogens is 3. The summed E-state index contributed by atoms with van der Waals surface area (Å²) in [6.45, 7) is 3.77. The molecule has 2 aliphatic rings. The number of hydrogen-bond donors (Lipinski definition) is 1. The molecule has 0 spiro atoms. The first-order valence-corrected chi connectivity index (χ1v) is 12.1. The van der Waals surface area contributed by atoms with Gasteiger partial charge in [0.2, 0.25) is 5.91 Å². The summed E-state index contributed by atoms with van der Waals surface area (Å²) in [6.07, 6.45) is 8.32. The van der Waals surface area contributed by atoms with Gasteiger partial charge in [-0.2, -0.15) is 5.10 Å². The van der Waals surface area contributed by atoms with E-state index in [2.05, 4.69) is 57.3 Å². The fourth-order valence-electron chi connectivity index (χ4n) is 5.39. The van der Waals surface area contributed by atoms with Crippen LogP contribution in [0.2, 0.25) is 0 Å². The highest BCUT2D eigenvalue weighted by Crippen LogP contribution is 2.38. The van der Waals surface area contributed by atoms with E-state index in [0.717, 1.165) is 55.9 Å². The normalized spacial score (nSPS) is 21.7. The number of rotatable bonds is 5. The van der Waals surface area contributed by atoms with Gasteiger partial charge in [-0.1, -0.05) is 50.1 Å².